The zero-order valence-electron chi connectivity index (χ0n) is 7.85. The van der Waals surface area contributed by atoms with E-state index in [9.17, 15) is 0 Å². The van der Waals surface area contributed by atoms with E-state index in [2.05, 4.69) is 46.9 Å². The molecule has 1 nitrogen and oxygen atoms in total. The van der Waals surface area contributed by atoms with Crippen LogP contribution in [0.3, 0.4) is 0 Å². The Kier molecular flexibility index (Phi) is 4.07. The Morgan fingerprint density at radius 1 is 1.46 bits per heavy atom. The predicted octanol–water partition coefficient (Wildman–Crippen LogP) is 3.64. The van der Waals surface area contributed by atoms with Crippen molar-refractivity contribution < 1.29 is 0 Å². The maximum Gasteiger partial charge on any atom is 0.0494 e. The lowest BCUT2D eigenvalue weighted by Gasteiger charge is -2.19. The molecule has 0 spiro atoms. The maximum atomic E-state index is 5.86. The van der Waals surface area contributed by atoms with E-state index >= 15 is 0 Å². The molecule has 1 rings (SSSR count). The lowest BCUT2D eigenvalue weighted by atomic mass is 10.2. The average molecular weight is 263 g/mol. The molecule has 0 aliphatic carbocycles. The molecule has 0 amide bonds. The number of halogens is 2. The van der Waals surface area contributed by atoms with E-state index in [1.807, 2.05) is 6.07 Å². The van der Waals surface area contributed by atoms with Gasteiger partial charge in [0.25, 0.3) is 0 Å². The Balaban J connectivity index is 3.05. The first-order chi connectivity index (χ1) is 6.19. The monoisotopic (exact) mass is 261 g/mol. The molecule has 0 fully saturated rings. The Morgan fingerprint density at radius 3 is 2.69 bits per heavy atom. The lowest BCUT2D eigenvalue weighted by molar-refractivity contribution is 0.959. The third-order valence-electron chi connectivity index (χ3n) is 2.07. The quantitative estimate of drug-likeness (QED) is 0.752. The summed E-state index contributed by atoms with van der Waals surface area (Å²) >= 11 is 9.29. The minimum absolute atomic E-state index is 0.555. The van der Waals surface area contributed by atoms with E-state index in [-0.39, 0.29) is 0 Å². The van der Waals surface area contributed by atoms with Crippen LogP contribution >= 0.6 is 27.5 Å². The molecule has 0 bridgehead atoms. The molecule has 0 N–H and O–H groups in total. The van der Waals surface area contributed by atoms with Gasteiger partial charge in [-0.15, -0.1) is 11.6 Å². The molecule has 0 aliphatic heterocycles. The second kappa shape index (κ2) is 4.87. The largest absolute Gasteiger partial charge is 0.375 e. The van der Waals surface area contributed by atoms with Crippen molar-refractivity contribution in [3.63, 3.8) is 0 Å². The van der Waals surface area contributed by atoms with Gasteiger partial charge in [0.15, 0.2) is 0 Å². The van der Waals surface area contributed by atoms with E-state index in [4.69, 9.17) is 11.6 Å². The molecule has 72 valence electrons. The summed E-state index contributed by atoms with van der Waals surface area (Å²) in [5.41, 5.74) is 2.38. The highest BCUT2D eigenvalue weighted by molar-refractivity contribution is 9.10. The van der Waals surface area contributed by atoms with Gasteiger partial charge in [0.05, 0.1) is 0 Å². The van der Waals surface area contributed by atoms with Crippen molar-refractivity contribution in [2.24, 2.45) is 0 Å². The number of benzene rings is 1. The fourth-order valence-electron chi connectivity index (χ4n) is 1.20. The van der Waals surface area contributed by atoms with Crippen LogP contribution < -0.4 is 4.90 Å². The minimum atomic E-state index is 0.555. The van der Waals surface area contributed by atoms with Crippen molar-refractivity contribution in [3.8, 4) is 0 Å². The van der Waals surface area contributed by atoms with Crippen LogP contribution in [0.5, 0.6) is 0 Å². The average Bonchev–Trinajstić information content (AvgIpc) is 2.16. The van der Waals surface area contributed by atoms with Gasteiger partial charge in [0, 0.05) is 29.6 Å². The van der Waals surface area contributed by atoms with Gasteiger partial charge in [-0.3, -0.25) is 0 Å². The van der Waals surface area contributed by atoms with Gasteiger partial charge in [-0.05, 0) is 30.7 Å². The first-order valence-electron chi connectivity index (χ1n) is 4.24. The maximum absolute atomic E-state index is 5.86. The van der Waals surface area contributed by atoms with E-state index in [0.29, 0.717) is 5.88 Å². The summed E-state index contributed by atoms with van der Waals surface area (Å²) in [4.78, 5) is 2.18. The van der Waals surface area contributed by atoms with Gasteiger partial charge in [0.2, 0.25) is 0 Å². The number of anilines is 1. The van der Waals surface area contributed by atoms with Crippen molar-refractivity contribution in [1.82, 2.24) is 0 Å². The molecular weight excluding hydrogens is 249 g/mol. The molecule has 0 radical (unpaired) electrons. The van der Waals surface area contributed by atoms with E-state index in [1.165, 1.54) is 11.3 Å². The molecular formula is C10H13BrClN. The summed E-state index contributed by atoms with van der Waals surface area (Å²) in [6.07, 6.45) is 0. The molecule has 1 aromatic rings. The normalized spacial score (nSPS) is 10.2. The second-order valence-electron chi connectivity index (χ2n) is 2.92. The van der Waals surface area contributed by atoms with Gasteiger partial charge in [-0.2, -0.15) is 0 Å². The fraction of sp³-hybridized carbons (Fsp3) is 0.400. The van der Waals surface area contributed by atoms with Crippen molar-refractivity contribution in [2.45, 2.75) is 12.8 Å². The number of nitrogens with zero attached hydrogens (tertiary/aromatic N) is 1. The van der Waals surface area contributed by atoms with Gasteiger partial charge in [-0.25, -0.2) is 0 Å². The highest BCUT2D eigenvalue weighted by Crippen LogP contribution is 2.24. The Labute approximate surface area is 92.8 Å². The Bertz CT molecular complexity index is 288. The van der Waals surface area contributed by atoms with E-state index < -0.39 is 0 Å². The van der Waals surface area contributed by atoms with Crippen LogP contribution in [0, 0.1) is 0 Å². The smallest absolute Gasteiger partial charge is 0.0494 e. The Morgan fingerprint density at radius 2 is 2.15 bits per heavy atom. The molecule has 1 aromatic carbocycles. The zero-order chi connectivity index (χ0) is 9.84. The predicted molar refractivity (Wildman–Crippen MR) is 62.6 cm³/mol. The standard InChI is InChI=1S/C10H13BrClN/c1-3-13(2)10-5-4-9(11)6-8(10)7-12/h4-6H,3,7H2,1-2H3. The molecule has 0 heterocycles. The van der Waals surface area contributed by atoms with Crippen LogP contribution in [0.15, 0.2) is 22.7 Å². The summed E-state index contributed by atoms with van der Waals surface area (Å²) in [6.45, 7) is 3.12. The van der Waals surface area contributed by atoms with Crippen LogP contribution in [0.25, 0.3) is 0 Å². The molecule has 0 aromatic heterocycles. The molecule has 0 unspecified atom stereocenters. The lowest BCUT2D eigenvalue weighted by Crippen LogP contribution is -2.17. The van der Waals surface area contributed by atoms with Gasteiger partial charge < -0.3 is 4.90 Å². The molecule has 3 heteroatoms. The van der Waals surface area contributed by atoms with Crippen molar-refractivity contribution >= 4 is 33.2 Å². The fourth-order valence-corrected chi connectivity index (χ4v) is 1.83. The summed E-state index contributed by atoms with van der Waals surface area (Å²) in [5.74, 6) is 0.555. The number of hydrogen-bond donors (Lipinski definition) is 0. The topological polar surface area (TPSA) is 3.24 Å². The molecule has 13 heavy (non-hydrogen) atoms. The number of hydrogen-bond acceptors (Lipinski definition) is 1. The third-order valence-corrected chi connectivity index (χ3v) is 2.85. The van der Waals surface area contributed by atoms with Crippen LogP contribution in [0.2, 0.25) is 0 Å². The number of alkyl halides is 1. The Hall–Kier alpha value is -0.210. The van der Waals surface area contributed by atoms with Gasteiger partial charge in [-0.1, -0.05) is 15.9 Å². The summed E-state index contributed by atoms with van der Waals surface area (Å²) < 4.78 is 1.08. The minimum Gasteiger partial charge on any atom is -0.375 e. The van der Waals surface area contributed by atoms with Crippen molar-refractivity contribution in [2.75, 3.05) is 18.5 Å². The molecule has 0 saturated carbocycles. The first-order valence-corrected chi connectivity index (χ1v) is 5.57. The summed E-state index contributed by atoms with van der Waals surface area (Å²) in [6, 6.07) is 6.19. The van der Waals surface area contributed by atoms with Crippen LogP contribution in [-0.4, -0.2) is 13.6 Å². The third kappa shape index (κ3) is 2.61. The highest BCUT2D eigenvalue weighted by Gasteiger charge is 2.05. The SMILES string of the molecule is CCN(C)c1ccc(Br)cc1CCl. The second-order valence-corrected chi connectivity index (χ2v) is 4.10. The van der Waals surface area contributed by atoms with Crippen molar-refractivity contribution in [1.29, 1.82) is 0 Å². The molecule has 0 saturated heterocycles. The van der Waals surface area contributed by atoms with Crippen LogP contribution in [0.1, 0.15) is 12.5 Å². The highest BCUT2D eigenvalue weighted by atomic mass is 79.9. The first kappa shape index (κ1) is 10.9. The molecule has 0 atom stereocenters. The van der Waals surface area contributed by atoms with E-state index in [1.54, 1.807) is 0 Å². The summed E-state index contributed by atoms with van der Waals surface area (Å²) in [7, 11) is 2.07. The zero-order valence-corrected chi connectivity index (χ0v) is 10.2. The number of rotatable bonds is 3. The van der Waals surface area contributed by atoms with Gasteiger partial charge in [0.1, 0.15) is 0 Å². The van der Waals surface area contributed by atoms with Crippen LogP contribution in [0.4, 0.5) is 5.69 Å². The van der Waals surface area contributed by atoms with Crippen LogP contribution in [-0.2, 0) is 5.88 Å². The van der Waals surface area contributed by atoms with Crippen molar-refractivity contribution in [3.05, 3.63) is 28.2 Å². The summed E-state index contributed by atoms with van der Waals surface area (Å²) in [5, 5.41) is 0. The van der Waals surface area contributed by atoms with E-state index in [0.717, 1.165) is 11.0 Å². The molecule has 0 aliphatic rings. The van der Waals surface area contributed by atoms with Gasteiger partial charge >= 0.3 is 0 Å².